The summed E-state index contributed by atoms with van der Waals surface area (Å²) in [6.45, 7) is 3.66. The van der Waals surface area contributed by atoms with Crippen molar-refractivity contribution in [3.8, 4) is 17.2 Å². The molecule has 286 valence electrons. The molecular formula is C38H33N7O9S2. The van der Waals surface area contributed by atoms with Crippen LogP contribution in [0.15, 0.2) is 145 Å². The van der Waals surface area contributed by atoms with Crippen molar-refractivity contribution >= 4 is 77.0 Å². The van der Waals surface area contributed by atoms with Gasteiger partial charge < -0.3 is 19.9 Å². The van der Waals surface area contributed by atoms with E-state index in [-0.39, 0.29) is 11.4 Å². The molecule has 6 aromatic carbocycles. The van der Waals surface area contributed by atoms with Crippen LogP contribution >= 0.6 is 0 Å². The van der Waals surface area contributed by atoms with Gasteiger partial charge in [-0.05, 0) is 91.0 Å². The Morgan fingerprint density at radius 2 is 1.11 bits per heavy atom. The molecule has 0 fully saturated rings. The van der Waals surface area contributed by atoms with Gasteiger partial charge in [-0.15, -0.1) is 28.0 Å². The van der Waals surface area contributed by atoms with E-state index in [1.165, 1.54) is 20.3 Å². The molecule has 0 atom stereocenters. The second kappa shape index (κ2) is 18.0. The number of fused-ring (bicyclic) bond motifs is 1. The lowest BCUT2D eigenvalue weighted by Gasteiger charge is -2.12. The maximum atomic E-state index is 12.5. The monoisotopic (exact) mass is 795 g/mol. The van der Waals surface area contributed by atoms with E-state index in [9.17, 15) is 18.1 Å². The van der Waals surface area contributed by atoms with E-state index >= 15 is 0 Å². The molecule has 18 heteroatoms. The molecule has 0 spiro atoms. The van der Waals surface area contributed by atoms with Crippen LogP contribution in [0.1, 0.15) is 11.1 Å². The first-order valence-corrected chi connectivity index (χ1v) is 18.7. The van der Waals surface area contributed by atoms with Crippen LogP contribution in [0, 0.1) is 13.8 Å². The number of azo groups is 3. The van der Waals surface area contributed by atoms with Gasteiger partial charge in [-0.2, -0.15) is 23.8 Å². The number of phenols is 1. The zero-order valence-electron chi connectivity index (χ0n) is 30.1. The molecule has 16 nitrogen and oxygen atoms in total. The van der Waals surface area contributed by atoms with Crippen LogP contribution in [-0.2, 0) is 20.7 Å². The highest BCUT2D eigenvalue weighted by molar-refractivity contribution is 7.86. The first-order valence-electron chi connectivity index (χ1n) is 16.3. The maximum Gasteiger partial charge on any atom is 0.425 e. The third-order valence-corrected chi connectivity index (χ3v) is 8.81. The molecule has 0 saturated carbocycles. The van der Waals surface area contributed by atoms with Crippen LogP contribution in [0.25, 0.3) is 10.8 Å². The highest BCUT2D eigenvalue weighted by atomic mass is 32.2. The van der Waals surface area contributed by atoms with Gasteiger partial charge in [0, 0.05) is 28.9 Å². The molecule has 6 rings (SSSR count). The molecule has 0 saturated heterocycles. The lowest BCUT2D eigenvalue weighted by molar-refractivity contribution is 0.415. The molecule has 6 aromatic rings. The van der Waals surface area contributed by atoms with Gasteiger partial charge in [0.25, 0.3) is 10.1 Å². The van der Waals surface area contributed by atoms with Crippen molar-refractivity contribution in [1.82, 2.24) is 0 Å². The summed E-state index contributed by atoms with van der Waals surface area (Å²) in [5.74, 6) is 0.214. The third-order valence-electron chi connectivity index (χ3n) is 7.94. The third kappa shape index (κ3) is 10.2. The summed E-state index contributed by atoms with van der Waals surface area (Å²) in [6.07, 6.45) is 0. The minimum Gasteiger partial charge on any atom is -0.505 e. The number of aromatic hydroxyl groups is 1. The summed E-state index contributed by atoms with van der Waals surface area (Å²) in [6, 6.07) is 31.7. The Balaban J connectivity index is 0.00000143. The summed E-state index contributed by atoms with van der Waals surface area (Å²) in [5, 5.41) is 40.8. The van der Waals surface area contributed by atoms with Crippen LogP contribution in [-0.4, -0.2) is 44.9 Å². The van der Waals surface area contributed by atoms with Gasteiger partial charge in [0.05, 0.1) is 31.3 Å². The molecule has 0 radical (unpaired) electrons. The Morgan fingerprint density at radius 3 is 1.64 bits per heavy atom. The van der Waals surface area contributed by atoms with Crippen LogP contribution in [0.2, 0.25) is 0 Å². The number of hydrogen-bond acceptors (Lipinski definition) is 15. The minimum absolute atomic E-state index is 0.212. The molecule has 3 N–H and O–H groups in total. The highest BCUT2D eigenvalue weighted by Gasteiger charge is 2.22. The zero-order valence-corrected chi connectivity index (χ0v) is 31.8. The topological polar surface area (TPSA) is 230 Å². The Kier molecular flexibility index (Phi) is 12.9. The molecule has 0 amide bonds. The number of anilines is 2. The van der Waals surface area contributed by atoms with E-state index in [1.807, 2.05) is 67.6 Å². The van der Waals surface area contributed by atoms with Crippen LogP contribution in [0.4, 0.5) is 45.5 Å². The molecule has 0 aliphatic heterocycles. The molecular weight excluding hydrogens is 763 g/mol. The van der Waals surface area contributed by atoms with E-state index in [2.05, 4.69) is 36.0 Å². The second-order valence-corrected chi connectivity index (χ2v) is 13.5. The van der Waals surface area contributed by atoms with Crippen molar-refractivity contribution in [2.24, 2.45) is 30.7 Å². The SMILES string of the molecule is COc1cc(N=Nc2ccccc2)c(C)cc1N=Nc1cc(OC)c(N=Nc2c(S(=O)(=O)O)cc3cc(Nc4ccccc4)ccc3c2O)cc1C.O=S(=O)=O. The summed E-state index contributed by atoms with van der Waals surface area (Å²) < 4.78 is 71.5. The van der Waals surface area contributed by atoms with Gasteiger partial charge in [0.15, 0.2) is 5.75 Å². The lowest BCUT2D eigenvalue weighted by atomic mass is 10.1. The molecule has 0 aliphatic carbocycles. The number of methoxy groups -OCH3 is 2. The number of hydrogen-bond donors (Lipinski definition) is 3. The Bertz CT molecular complexity index is 2710. The summed E-state index contributed by atoms with van der Waals surface area (Å²) >= 11 is 0. The van der Waals surface area contributed by atoms with Crippen LogP contribution < -0.4 is 14.8 Å². The molecule has 0 bridgehead atoms. The van der Waals surface area contributed by atoms with Gasteiger partial charge >= 0.3 is 10.6 Å². The van der Waals surface area contributed by atoms with Crippen molar-refractivity contribution in [2.45, 2.75) is 18.7 Å². The molecule has 0 heterocycles. The number of ether oxygens (including phenoxy) is 2. The Labute approximate surface area is 322 Å². The van der Waals surface area contributed by atoms with E-state index in [1.54, 1.807) is 49.4 Å². The number of nitrogens with zero attached hydrogens (tertiary/aromatic N) is 6. The fourth-order valence-electron chi connectivity index (χ4n) is 5.25. The number of rotatable bonds is 11. The van der Waals surface area contributed by atoms with Gasteiger partial charge in [0.1, 0.15) is 33.5 Å². The van der Waals surface area contributed by atoms with Crippen LogP contribution in [0.3, 0.4) is 0 Å². The summed E-state index contributed by atoms with van der Waals surface area (Å²) in [7, 11) is -4.99. The first kappa shape index (κ1) is 40.3. The quantitative estimate of drug-likeness (QED) is 0.0829. The fraction of sp³-hybridized carbons (Fsp3) is 0.105. The van der Waals surface area contributed by atoms with Crippen molar-refractivity contribution < 1.29 is 40.2 Å². The Morgan fingerprint density at radius 1 is 0.607 bits per heavy atom. The van der Waals surface area contributed by atoms with Gasteiger partial charge in [-0.3, -0.25) is 4.55 Å². The van der Waals surface area contributed by atoms with Crippen molar-refractivity contribution in [2.75, 3.05) is 19.5 Å². The smallest absolute Gasteiger partial charge is 0.425 e. The van der Waals surface area contributed by atoms with Crippen LogP contribution in [0.5, 0.6) is 17.2 Å². The standard InChI is InChI=1S/C38H33N7O6S.O3S/c1-23-17-32(34(50-3)21-30(23)41-40-27-13-9-6-10-14-27)43-42-31-22-35(51-4)33(18-24(31)2)44-45-37-36(52(47,48)49)20-25-19-28(15-16-29(25)38(37)46)39-26-11-7-5-8-12-26;1-4(2)3/h5-22,39,46H,1-4H3,(H,47,48,49);. The van der Waals surface area contributed by atoms with E-state index in [0.29, 0.717) is 44.8 Å². The van der Waals surface area contributed by atoms with Crippen molar-refractivity contribution in [3.63, 3.8) is 0 Å². The van der Waals surface area contributed by atoms with Gasteiger partial charge in [-0.1, -0.05) is 36.4 Å². The molecule has 0 aromatic heterocycles. The maximum absolute atomic E-state index is 12.5. The van der Waals surface area contributed by atoms with Gasteiger partial charge in [0.2, 0.25) is 0 Å². The lowest BCUT2D eigenvalue weighted by Crippen LogP contribution is -1.99. The largest absolute Gasteiger partial charge is 0.505 e. The Hall–Kier alpha value is -6.89. The fourth-order valence-corrected chi connectivity index (χ4v) is 5.91. The van der Waals surface area contributed by atoms with E-state index in [4.69, 9.17) is 22.1 Å². The average molecular weight is 796 g/mol. The first-order chi connectivity index (χ1) is 26.8. The number of para-hydroxylation sites is 1. The normalized spacial score (nSPS) is 11.5. The van der Waals surface area contributed by atoms with Crippen molar-refractivity contribution in [3.05, 3.63) is 120 Å². The number of aryl methyl sites for hydroxylation is 2. The van der Waals surface area contributed by atoms with Crippen molar-refractivity contribution in [1.29, 1.82) is 0 Å². The second-order valence-electron chi connectivity index (χ2n) is 11.7. The number of phenolic OH excluding ortho intramolecular Hbond substituents is 1. The molecule has 0 aliphatic rings. The number of benzene rings is 6. The zero-order chi connectivity index (χ0) is 40.4. The average Bonchev–Trinajstić information content (AvgIpc) is 3.16. The van der Waals surface area contributed by atoms with E-state index in [0.717, 1.165) is 16.9 Å². The molecule has 56 heavy (non-hydrogen) atoms. The van der Waals surface area contributed by atoms with E-state index < -0.39 is 37.1 Å². The highest BCUT2D eigenvalue weighted by Crippen LogP contribution is 2.44. The molecule has 0 unspecified atom stereocenters. The summed E-state index contributed by atoms with van der Waals surface area (Å²) in [5.41, 5.74) is 4.94. The number of nitrogens with one attached hydrogen (secondary N) is 1. The predicted molar refractivity (Wildman–Crippen MR) is 209 cm³/mol. The summed E-state index contributed by atoms with van der Waals surface area (Å²) in [4.78, 5) is -0.615. The predicted octanol–water partition coefficient (Wildman–Crippen LogP) is 10.4. The van der Waals surface area contributed by atoms with Gasteiger partial charge in [-0.25, -0.2) is 0 Å². The minimum atomic E-state index is -4.83.